The van der Waals surface area contributed by atoms with E-state index in [9.17, 15) is 13.2 Å². The smallest absolute Gasteiger partial charge is 0.367 e. The van der Waals surface area contributed by atoms with E-state index in [1.165, 1.54) is 18.5 Å². The molecule has 1 atom stereocenters. The van der Waals surface area contributed by atoms with Crippen molar-refractivity contribution in [3.05, 3.63) is 82.9 Å². The average Bonchev–Trinajstić information content (AvgIpc) is 3.12. The normalized spacial score (nSPS) is 12.9. The number of rotatable bonds is 6. The SMILES string of the molecule is FC(F)(F)c1ccc(COC(Cn2cncn2)c2ccccc2Cl)cc1. The number of hydrogen-bond acceptors (Lipinski definition) is 3. The molecule has 4 nitrogen and oxygen atoms in total. The zero-order valence-corrected chi connectivity index (χ0v) is 14.3. The van der Waals surface area contributed by atoms with Gasteiger partial charge >= 0.3 is 6.18 Å². The van der Waals surface area contributed by atoms with E-state index in [0.29, 0.717) is 17.1 Å². The Morgan fingerprint density at radius 2 is 1.81 bits per heavy atom. The molecule has 0 aliphatic heterocycles. The zero-order chi connectivity index (χ0) is 18.6. The molecule has 0 saturated heterocycles. The van der Waals surface area contributed by atoms with Crippen molar-refractivity contribution in [3.8, 4) is 0 Å². The number of halogens is 4. The molecule has 1 unspecified atom stereocenters. The van der Waals surface area contributed by atoms with Crippen molar-refractivity contribution in [1.29, 1.82) is 0 Å². The van der Waals surface area contributed by atoms with Gasteiger partial charge in [0, 0.05) is 10.6 Å². The lowest BCUT2D eigenvalue weighted by atomic mass is 10.1. The molecule has 0 bridgehead atoms. The second kappa shape index (κ2) is 7.88. The summed E-state index contributed by atoms with van der Waals surface area (Å²) in [4.78, 5) is 3.90. The average molecular weight is 382 g/mol. The Bertz CT molecular complexity index is 836. The van der Waals surface area contributed by atoms with Crippen LogP contribution in [-0.4, -0.2) is 14.8 Å². The second-order valence-electron chi connectivity index (χ2n) is 5.63. The summed E-state index contributed by atoms with van der Waals surface area (Å²) in [5.74, 6) is 0. The summed E-state index contributed by atoms with van der Waals surface area (Å²) in [6, 6.07) is 12.2. The topological polar surface area (TPSA) is 39.9 Å². The van der Waals surface area contributed by atoms with E-state index in [0.717, 1.165) is 17.7 Å². The van der Waals surface area contributed by atoms with E-state index in [1.54, 1.807) is 17.1 Å². The Kier molecular flexibility index (Phi) is 5.58. The predicted molar refractivity (Wildman–Crippen MR) is 90.4 cm³/mol. The number of alkyl halides is 3. The van der Waals surface area contributed by atoms with Gasteiger partial charge in [0.1, 0.15) is 18.8 Å². The van der Waals surface area contributed by atoms with Gasteiger partial charge in [-0.15, -0.1) is 0 Å². The lowest BCUT2D eigenvalue weighted by Gasteiger charge is -2.19. The summed E-state index contributed by atoms with van der Waals surface area (Å²) in [5.41, 5.74) is 0.719. The molecule has 0 saturated carbocycles. The van der Waals surface area contributed by atoms with Gasteiger partial charge in [0.15, 0.2) is 0 Å². The third-order valence-corrected chi connectivity index (χ3v) is 4.15. The van der Waals surface area contributed by atoms with Crippen LogP contribution in [0.15, 0.2) is 61.2 Å². The lowest BCUT2D eigenvalue weighted by molar-refractivity contribution is -0.137. The molecule has 1 aromatic heterocycles. The number of hydrogen-bond donors (Lipinski definition) is 0. The van der Waals surface area contributed by atoms with Gasteiger partial charge in [0.2, 0.25) is 0 Å². The molecule has 0 fully saturated rings. The van der Waals surface area contributed by atoms with Crippen molar-refractivity contribution < 1.29 is 17.9 Å². The van der Waals surface area contributed by atoms with Gasteiger partial charge in [-0.25, -0.2) is 4.98 Å². The molecular formula is C18H15ClF3N3O. The molecule has 0 N–H and O–H groups in total. The quantitative estimate of drug-likeness (QED) is 0.609. The highest BCUT2D eigenvalue weighted by atomic mass is 35.5. The minimum Gasteiger partial charge on any atom is -0.367 e. The largest absolute Gasteiger partial charge is 0.416 e. The lowest BCUT2D eigenvalue weighted by Crippen LogP contribution is -2.14. The van der Waals surface area contributed by atoms with Crippen LogP contribution in [0.25, 0.3) is 0 Å². The molecule has 1 heterocycles. The van der Waals surface area contributed by atoms with Gasteiger partial charge in [-0.05, 0) is 23.8 Å². The summed E-state index contributed by atoms with van der Waals surface area (Å²) in [6.45, 7) is 0.521. The van der Waals surface area contributed by atoms with E-state index in [2.05, 4.69) is 10.1 Å². The van der Waals surface area contributed by atoms with Gasteiger partial charge < -0.3 is 4.74 Å². The van der Waals surface area contributed by atoms with E-state index in [1.807, 2.05) is 18.2 Å². The van der Waals surface area contributed by atoms with Crippen LogP contribution in [0, 0.1) is 0 Å². The maximum Gasteiger partial charge on any atom is 0.416 e. The molecular weight excluding hydrogens is 367 g/mol. The molecule has 3 rings (SSSR count). The van der Waals surface area contributed by atoms with Crippen LogP contribution in [0.5, 0.6) is 0 Å². The first-order valence-electron chi connectivity index (χ1n) is 7.78. The Morgan fingerprint density at radius 3 is 2.42 bits per heavy atom. The van der Waals surface area contributed by atoms with E-state index in [-0.39, 0.29) is 6.61 Å². The van der Waals surface area contributed by atoms with Crippen LogP contribution < -0.4 is 0 Å². The van der Waals surface area contributed by atoms with Crippen molar-refractivity contribution in [2.75, 3.05) is 0 Å². The van der Waals surface area contributed by atoms with Crippen molar-refractivity contribution in [2.45, 2.75) is 25.4 Å². The molecule has 3 aromatic rings. The van der Waals surface area contributed by atoms with Crippen LogP contribution in [0.4, 0.5) is 13.2 Å². The number of nitrogens with zero attached hydrogens (tertiary/aromatic N) is 3. The monoisotopic (exact) mass is 381 g/mol. The fourth-order valence-corrected chi connectivity index (χ4v) is 2.72. The molecule has 0 amide bonds. The van der Waals surface area contributed by atoms with E-state index >= 15 is 0 Å². The van der Waals surface area contributed by atoms with Crippen molar-refractivity contribution in [3.63, 3.8) is 0 Å². The highest BCUT2D eigenvalue weighted by molar-refractivity contribution is 6.31. The van der Waals surface area contributed by atoms with E-state index < -0.39 is 17.8 Å². The summed E-state index contributed by atoms with van der Waals surface area (Å²) >= 11 is 6.26. The van der Waals surface area contributed by atoms with Gasteiger partial charge in [-0.3, -0.25) is 4.68 Å². The first-order valence-corrected chi connectivity index (χ1v) is 8.16. The first-order chi connectivity index (χ1) is 12.4. The number of aromatic nitrogens is 3. The highest BCUT2D eigenvalue weighted by Crippen LogP contribution is 2.30. The standard InChI is InChI=1S/C18H15ClF3N3O/c19-16-4-2-1-3-15(16)17(9-25-12-23-11-24-25)26-10-13-5-7-14(8-6-13)18(20,21)22/h1-8,11-12,17H,9-10H2. The molecule has 0 spiro atoms. The minimum absolute atomic E-state index is 0.142. The summed E-state index contributed by atoms with van der Waals surface area (Å²) < 4.78 is 45.5. The van der Waals surface area contributed by atoms with Gasteiger partial charge in [0.05, 0.1) is 18.7 Å². The van der Waals surface area contributed by atoms with Gasteiger partial charge in [0.25, 0.3) is 0 Å². The maximum atomic E-state index is 12.6. The third kappa shape index (κ3) is 4.62. The van der Waals surface area contributed by atoms with Crippen molar-refractivity contribution >= 4 is 11.6 Å². The molecule has 8 heteroatoms. The Hall–Kier alpha value is -2.38. The first kappa shape index (κ1) is 18.4. The second-order valence-corrected chi connectivity index (χ2v) is 6.04. The van der Waals surface area contributed by atoms with E-state index in [4.69, 9.17) is 16.3 Å². The highest BCUT2D eigenvalue weighted by Gasteiger charge is 2.30. The van der Waals surface area contributed by atoms with Crippen LogP contribution in [0.2, 0.25) is 5.02 Å². The molecule has 136 valence electrons. The summed E-state index contributed by atoms with van der Waals surface area (Å²) in [7, 11) is 0. The summed E-state index contributed by atoms with van der Waals surface area (Å²) in [5, 5.41) is 4.61. The van der Waals surface area contributed by atoms with Gasteiger partial charge in [-0.1, -0.05) is 41.9 Å². The Balaban J connectivity index is 1.74. The van der Waals surface area contributed by atoms with Crippen LogP contribution in [0.1, 0.15) is 22.8 Å². The number of ether oxygens (including phenoxy) is 1. The molecule has 2 aromatic carbocycles. The molecule has 0 aliphatic rings. The molecule has 0 radical (unpaired) electrons. The molecule has 0 aliphatic carbocycles. The van der Waals surface area contributed by atoms with Crippen LogP contribution >= 0.6 is 11.6 Å². The fourth-order valence-electron chi connectivity index (χ4n) is 2.46. The maximum absolute atomic E-state index is 12.6. The van der Waals surface area contributed by atoms with Gasteiger partial charge in [-0.2, -0.15) is 18.3 Å². The third-order valence-electron chi connectivity index (χ3n) is 3.80. The van der Waals surface area contributed by atoms with Crippen molar-refractivity contribution in [1.82, 2.24) is 14.8 Å². The zero-order valence-electron chi connectivity index (χ0n) is 13.5. The Morgan fingerprint density at radius 1 is 1.08 bits per heavy atom. The minimum atomic E-state index is -4.35. The fraction of sp³-hybridized carbons (Fsp3) is 0.222. The number of benzene rings is 2. The Labute approximate surface area is 153 Å². The van der Waals surface area contributed by atoms with Crippen LogP contribution in [0.3, 0.4) is 0 Å². The molecule has 26 heavy (non-hydrogen) atoms. The predicted octanol–water partition coefficient (Wildman–Crippen LogP) is 4.91. The van der Waals surface area contributed by atoms with Crippen LogP contribution in [-0.2, 0) is 24.1 Å². The van der Waals surface area contributed by atoms with Crippen molar-refractivity contribution in [2.24, 2.45) is 0 Å². The summed E-state index contributed by atoms with van der Waals surface area (Å²) in [6.07, 6.45) is -1.80.